The van der Waals surface area contributed by atoms with Crippen molar-refractivity contribution in [2.45, 2.75) is 51.2 Å². The predicted molar refractivity (Wildman–Crippen MR) is 46.2 cm³/mol. The highest BCUT2D eigenvalue weighted by Crippen LogP contribution is 2.31. The maximum absolute atomic E-state index is 9.69. The van der Waals surface area contributed by atoms with Crippen molar-refractivity contribution < 1.29 is 5.11 Å². The van der Waals surface area contributed by atoms with Crippen molar-refractivity contribution in [3.8, 4) is 0 Å². The number of nitrogens with two attached hydrogens (primary N) is 1. The lowest BCUT2D eigenvalue weighted by molar-refractivity contribution is -0.00116. The lowest BCUT2D eigenvalue weighted by Gasteiger charge is -2.34. The minimum absolute atomic E-state index is 0.383. The summed E-state index contributed by atoms with van der Waals surface area (Å²) in [6.45, 7) is 3.79. The molecule has 0 amide bonds. The van der Waals surface area contributed by atoms with Gasteiger partial charge < -0.3 is 10.8 Å². The van der Waals surface area contributed by atoms with E-state index in [1.165, 1.54) is 0 Å². The van der Waals surface area contributed by atoms with Crippen molar-refractivity contribution in [2.24, 2.45) is 11.7 Å². The van der Waals surface area contributed by atoms with Gasteiger partial charge in [-0.3, -0.25) is 0 Å². The lowest BCUT2D eigenvalue weighted by Crippen LogP contribution is -2.37. The highest BCUT2D eigenvalue weighted by Gasteiger charge is 2.29. The normalized spacial score (nSPS) is 33.8. The minimum Gasteiger partial charge on any atom is -0.390 e. The highest BCUT2D eigenvalue weighted by atomic mass is 16.3. The molecule has 0 unspecified atom stereocenters. The van der Waals surface area contributed by atoms with Gasteiger partial charge in [0.15, 0.2) is 0 Å². The van der Waals surface area contributed by atoms with Crippen LogP contribution >= 0.6 is 0 Å². The molecule has 1 aliphatic carbocycles. The SMILES string of the molecule is CC(C)(O)[C@H]1CC[C@H](N)CC1. The Kier molecular flexibility index (Phi) is 2.55. The second-order valence-electron chi connectivity index (χ2n) is 4.27. The summed E-state index contributed by atoms with van der Waals surface area (Å²) >= 11 is 0. The maximum Gasteiger partial charge on any atom is 0.0619 e. The van der Waals surface area contributed by atoms with Crippen LogP contribution in [0.25, 0.3) is 0 Å². The molecule has 0 spiro atoms. The van der Waals surface area contributed by atoms with Gasteiger partial charge in [-0.05, 0) is 45.4 Å². The molecule has 0 radical (unpaired) electrons. The molecule has 0 saturated heterocycles. The van der Waals surface area contributed by atoms with Crippen molar-refractivity contribution in [3.63, 3.8) is 0 Å². The smallest absolute Gasteiger partial charge is 0.0619 e. The Morgan fingerprint density at radius 3 is 2.00 bits per heavy atom. The van der Waals surface area contributed by atoms with E-state index >= 15 is 0 Å². The third kappa shape index (κ3) is 2.46. The monoisotopic (exact) mass is 157 g/mol. The van der Waals surface area contributed by atoms with Crippen molar-refractivity contribution in [2.75, 3.05) is 0 Å². The summed E-state index contributed by atoms with van der Waals surface area (Å²) in [4.78, 5) is 0. The van der Waals surface area contributed by atoms with Gasteiger partial charge >= 0.3 is 0 Å². The van der Waals surface area contributed by atoms with Gasteiger partial charge in [-0.25, -0.2) is 0 Å². The summed E-state index contributed by atoms with van der Waals surface area (Å²) in [6, 6.07) is 0.383. The van der Waals surface area contributed by atoms with Gasteiger partial charge in [-0.1, -0.05) is 0 Å². The molecule has 66 valence electrons. The van der Waals surface area contributed by atoms with E-state index < -0.39 is 5.60 Å². The summed E-state index contributed by atoms with van der Waals surface area (Å²) in [5.41, 5.74) is 5.26. The first-order chi connectivity index (χ1) is 5.00. The van der Waals surface area contributed by atoms with E-state index in [1.807, 2.05) is 13.8 Å². The Hall–Kier alpha value is -0.0800. The fourth-order valence-corrected chi connectivity index (χ4v) is 1.83. The van der Waals surface area contributed by atoms with E-state index in [0.717, 1.165) is 25.7 Å². The third-order valence-corrected chi connectivity index (χ3v) is 2.77. The molecule has 2 heteroatoms. The van der Waals surface area contributed by atoms with Crippen LogP contribution < -0.4 is 5.73 Å². The second-order valence-corrected chi connectivity index (χ2v) is 4.27. The van der Waals surface area contributed by atoms with E-state index in [1.54, 1.807) is 0 Å². The van der Waals surface area contributed by atoms with Crippen LogP contribution in [-0.4, -0.2) is 16.7 Å². The fraction of sp³-hybridized carbons (Fsp3) is 1.00. The molecule has 1 fully saturated rings. The van der Waals surface area contributed by atoms with Crippen molar-refractivity contribution in [1.29, 1.82) is 0 Å². The fourth-order valence-electron chi connectivity index (χ4n) is 1.83. The Balaban J connectivity index is 2.39. The Morgan fingerprint density at radius 2 is 1.64 bits per heavy atom. The van der Waals surface area contributed by atoms with Crippen LogP contribution in [0.5, 0.6) is 0 Å². The topological polar surface area (TPSA) is 46.2 Å². The van der Waals surface area contributed by atoms with E-state index in [-0.39, 0.29) is 0 Å². The zero-order valence-corrected chi connectivity index (χ0v) is 7.51. The van der Waals surface area contributed by atoms with E-state index in [0.29, 0.717) is 12.0 Å². The van der Waals surface area contributed by atoms with Crippen LogP contribution in [0.3, 0.4) is 0 Å². The van der Waals surface area contributed by atoms with Gasteiger partial charge in [-0.2, -0.15) is 0 Å². The Bertz CT molecular complexity index is 120. The highest BCUT2D eigenvalue weighted by molar-refractivity contribution is 4.83. The summed E-state index contributed by atoms with van der Waals surface area (Å²) in [5.74, 6) is 0.460. The number of rotatable bonds is 1. The van der Waals surface area contributed by atoms with Crippen LogP contribution in [0.15, 0.2) is 0 Å². The zero-order chi connectivity index (χ0) is 8.48. The van der Waals surface area contributed by atoms with Crippen LogP contribution in [0.4, 0.5) is 0 Å². The Morgan fingerprint density at radius 1 is 1.18 bits per heavy atom. The zero-order valence-electron chi connectivity index (χ0n) is 7.51. The van der Waals surface area contributed by atoms with Gasteiger partial charge in [-0.15, -0.1) is 0 Å². The van der Waals surface area contributed by atoms with E-state index in [4.69, 9.17) is 5.73 Å². The summed E-state index contributed by atoms with van der Waals surface area (Å²) in [6.07, 6.45) is 4.33. The third-order valence-electron chi connectivity index (χ3n) is 2.77. The number of aliphatic hydroxyl groups is 1. The first-order valence-corrected chi connectivity index (χ1v) is 4.48. The van der Waals surface area contributed by atoms with Crippen molar-refractivity contribution in [1.82, 2.24) is 0 Å². The molecule has 0 atom stereocenters. The number of hydrogen-bond donors (Lipinski definition) is 2. The van der Waals surface area contributed by atoms with Crippen LogP contribution in [0, 0.1) is 5.92 Å². The summed E-state index contributed by atoms with van der Waals surface area (Å²) in [7, 11) is 0. The molecule has 1 aliphatic rings. The first kappa shape index (κ1) is 9.01. The van der Waals surface area contributed by atoms with Gasteiger partial charge in [0.25, 0.3) is 0 Å². The molecule has 2 nitrogen and oxygen atoms in total. The second kappa shape index (κ2) is 3.11. The lowest BCUT2D eigenvalue weighted by atomic mass is 9.77. The molecule has 3 N–H and O–H groups in total. The van der Waals surface area contributed by atoms with Crippen molar-refractivity contribution >= 4 is 0 Å². The quantitative estimate of drug-likeness (QED) is 0.602. The summed E-state index contributed by atoms with van der Waals surface area (Å²) in [5, 5.41) is 9.69. The number of hydrogen-bond acceptors (Lipinski definition) is 2. The van der Waals surface area contributed by atoms with Crippen LogP contribution in [-0.2, 0) is 0 Å². The van der Waals surface area contributed by atoms with Gasteiger partial charge in [0.05, 0.1) is 5.60 Å². The molecule has 0 aromatic carbocycles. The minimum atomic E-state index is -0.500. The standard InChI is InChI=1S/C9H19NO/c1-9(2,11)7-3-5-8(10)6-4-7/h7-8,11H,3-6,10H2,1-2H3/t7-,8-. The Labute approximate surface area is 68.8 Å². The van der Waals surface area contributed by atoms with Gasteiger partial charge in [0, 0.05) is 6.04 Å². The molecule has 0 bridgehead atoms. The van der Waals surface area contributed by atoms with E-state index in [2.05, 4.69) is 0 Å². The maximum atomic E-state index is 9.69. The molecule has 1 saturated carbocycles. The molecule has 11 heavy (non-hydrogen) atoms. The summed E-state index contributed by atoms with van der Waals surface area (Å²) < 4.78 is 0. The van der Waals surface area contributed by atoms with Crippen LogP contribution in [0.2, 0.25) is 0 Å². The van der Waals surface area contributed by atoms with Crippen LogP contribution in [0.1, 0.15) is 39.5 Å². The molecule has 0 aliphatic heterocycles. The molecule has 0 aromatic rings. The van der Waals surface area contributed by atoms with Crippen molar-refractivity contribution in [3.05, 3.63) is 0 Å². The largest absolute Gasteiger partial charge is 0.390 e. The van der Waals surface area contributed by atoms with Gasteiger partial charge in [0.2, 0.25) is 0 Å². The molecular weight excluding hydrogens is 138 g/mol. The molecule has 1 rings (SSSR count). The average Bonchev–Trinajstić information content (AvgIpc) is 1.86. The predicted octanol–water partition coefficient (Wildman–Crippen LogP) is 1.27. The molecule has 0 heterocycles. The first-order valence-electron chi connectivity index (χ1n) is 4.48. The van der Waals surface area contributed by atoms with E-state index in [9.17, 15) is 5.11 Å². The van der Waals surface area contributed by atoms with Gasteiger partial charge in [0.1, 0.15) is 0 Å². The average molecular weight is 157 g/mol. The molecular formula is C9H19NO. The molecule has 0 aromatic heterocycles.